The Morgan fingerprint density at radius 1 is 1.08 bits per heavy atom. The number of H-pyrrole nitrogens is 1. The van der Waals surface area contributed by atoms with Gasteiger partial charge in [0.25, 0.3) is 0 Å². The molecule has 0 radical (unpaired) electrons. The van der Waals surface area contributed by atoms with Crippen molar-refractivity contribution in [2.75, 3.05) is 20.8 Å². The maximum atomic E-state index is 9.95. The number of fused-ring (bicyclic) bond motifs is 1. The fourth-order valence-corrected chi connectivity index (χ4v) is 2.93. The van der Waals surface area contributed by atoms with Gasteiger partial charge in [0.05, 0.1) is 20.8 Å². The Morgan fingerprint density at radius 3 is 2.50 bits per heavy atom. The molecule has 3 rings (SSSR count). The number of nitrogens with one attached hydrogen (secondary N) is 1. The van der Waals surface area contributed by atoms with Crippen molar-refractivity contribution in [1.82, 2.24) is 4.98 Å². The van der Waals surface area contributed by atoms with E-state index >= 15 is 0 Å². The molecule has 0 aliphatic rings. The highest BCUT2D eigenvalue weighted by molar-refractivity contribution is 5.83. The zero-order chi connectivity index (χ0) is 16.9. The minimum Gasteiger partial charge on any atom is -0.502 e. The minimum atomic E-state index is 0.0440. The summed E-state index contributed by atoms with van der Waals surface area (Å²) in [7, 11) is 3.08. The van der Waals surface area contributed by atoms with Crippen LogP contribution in [0.15, 0.2) is 42.6 Å². The Bertz CT molecular complexity index is 801. The molecule has 24 heavy (non-hydrogen) atoms. The molecule has 1 aromatic heterocycles. The number of benzene rings is 2. The number of para-hydroxylation sites is 1. The van der Waals surface area contributed by atoms with Gasteiger partial charge in [-0.2, -0.15) is 0 Å². The van der Waals surface area contributed by atoms with E-state index in [2.05, 4.69) is 34.7 Å². The number of aromatic hydroxyl groups is 1. The molecule has 0 bridgehead atoms. The van der Waals surface area contributed by atoms with Crippen LogP contribution in [0.3, 0.4) is 0 Å². The number of aromatic nitrogens is 1. The van der Waals surface area contributed by atoms with Crippen molar-refractivity contribution in [1.29, 1.82) is 0 Å². The van der Waals surface area contributed by atoms with Gasteiger partial charge in [-0.1, -0.05) is 18.2 Å². The number of hydrogen-bond acceptors (Lipinski definition) is 3. The van der Waals surface area contributed by atoms with E-state index < -0.39 is 0 Å². The summed E-state index contributed by atoms with van der Waals surface area (Å²) in [6.45, 7) is 1.78. The minimum absolute atomic E-state index is 0.0440. The summed E-state index contributed by atoms with van der Waals surface area (Å²) >= 11 is 0. The molecule has 0 saturated heterocycles. The molecule has 0 fully saturated rings. The lowest BCUT2D eigenvalue weighted by Gasteiger charge is -2.10. The number of phenolic OH excluding ortho intramolecular Hbond substituents is 1. The third kappa shape index (κ3) is 3.31. The number of quaternary nitrogens is 1. The average Bonchev–Trinajstić information content (AvgIpc) is 3.03. The third-order valence-corrected chi connectivity index (χ3v) is 4.21. The fraction of sp³-hybridized carbons (Fsp3) is 0.263. The SMILES string of the molecule is COc1cc(C[NH2+]CCc2c[nH]c3ccccc23)cc(OC)c1O. The molecular weight excluding hydrogens is 304 g/mol. The number of nitrogens with two attached hydrogens (primary N) is 1. The second-order valence-corrected chi connectivity index (χ2v) is 5.74. The molecule has 126 valence electrons. The molecular formula is C19H23N2O3+. The van der Waals surface area contributed by atoms with Crippen LogP contribution in [-0.2, 0) is 13.0 Å². The van der Waals surface area contributed by atoms with Gasteiger partial charge in [0, 0.05) is 29.1 Å². The first-order valence-electron chi connectivity index (χ1n) is 8.03. The molecule has 4 N–H and O–H groups in total. The molecule has 0 amide bonds. The van der Waals surface area contributed by atoms with Crippen molar-refractivity contribution < 1.29 is 19.9 Å². The second kappa shape index (κ2) is 7.27. The van der Waals surface area contributed by atoms with Crippen molar-refractivity contribution in [3.05, 3.63) is 53.7 Å². The summed E-state index contributed by atoms with van der Waals surface area (Å²) in [5.41, 5.74) is 3.57. The first-order valence-corrected chi connectivity index (χ1v) is 8.03. The smallest absolute Gasteiger partial charge is 0.200 e. The van der Waals surface area contributed by atoms with Gasteiger partial charge in [0.2, 0.25) is 5.75 Å². The topological polar surface area (TPSA) is 71.1 Å². The van der Waals surface area contributed by atoms with Gasteiger partial charge in [-0.3, -0.25) is 0 Å². The highest BCUT2D eigenvalue weighted by atomic mass is 16.5. The number of methoxy groups -OCH3 is 2. The summed E-state index contributed by atoms with van der Waals surface area (Å²) < 4.78 is 10.4. The highest BCUT2D eigenvalue weighted by Gasteiger charge is 2.12. The molecule has 5 heteroatoms. The van der Waals surface area contributed by atoms with E-state index in [4.69, 9.17) is 9.47 Å². The van der Waals surface area contributed by atoms with Crippen molar-refractivity contribution in [3.63, 3.8) is 0 Å². The Morgan fingerprint density at radius 2 is 1.79 bits per heavy atom. The number of aromatic amines is 1. The maximum Gasteiger partial charge on any atom is 0.200 e. The molecule has 0 aliphatic heterocycles. The zero-order valence-electron chi connectivity index (χ0n) is 14.0. The van der Waals surface area contributed by atoms with Crippen LogP contribution in [0, 0.1) is 0 Å². The third-order valence-electron chi connectivity index (χ3n) is 4.21. The van der Waals surface area contributed by atoms with Crippen molar-refractivity contribution in [2.24, 2.45) is 0 Å². The Kier molecular flexibility index (Phi) is 4.91. The molecule has 2 aromatic carbocycles. The van der Waals surface area contributed by atoms with E-state index in [0.29, 0.717) is 11.5 Å². The van der Waals surface area contributed by atoms with E-state index in [0.717, 1.165) is 25.1 Å². The number of hydrogen-bond donors (Lipinski definition) is 3. The first kappa shape index (κ1) is 16.2. The van der Waals surface area contributed by atoms with E-state index in [1.165, 1.54) is 16.5 Å². The van der Waals surface area contributed by atoms with Crippen molar-refractivity contribution >= 4 is 10.9 Å². The van der Waals surface area contributed by atoms with Crippen molar-refractivity contribution in [3.8, 4) is 17.2 Å². The predicted octanol–water partition coefficient (Wildman–Crippen LogP) is 2.20. The molecule has 0 aliphatic carbocycles. The van der Waals surface area contributed by atoms with E-state index in [1.807, 2.05) is 18.2 Å². The van der Waals surface area contributed by atoms with Crippen LogP contribution in [0.25, 0.3) is 10.9 Å². The predicted molar refractivity (Wildman–Crippen MR) is 93.7 cm³/mol. The van der Waals surface area contributed by atoms with Gasteiger partial charge in [0.1, 0.15) is 6.54 Å². The van der Waals surface area contributed by atoms with E-state index in [1.54, 1.807) is 14.2 Å². The summed E-state index contributed by atoms with van der Waals surface area (Å²) in [5.74, 6) is 0.922. The van der Waals surface area contributed by atoms with Gasteiger partial charge >= 0.3 is 0 Å². The number of ether oxygens (including phenoxy) is 2. The lowest BCUT2D eigenvalue weighted by molar-refractivity contribution is -0.670. The monoisotopic (exact) mass is 327 g/mol. The highest BCUT2D eigenvalue weighted by Crippen LogP contribution is 2.36. The summed E-state index contributed by atoms with van der Waals surface area (Å²) in [6, 6.07) is 12.0. The van der Waals surface area contributed by atoms with Gasteiger partial charge in [0.15, 0.2) is 11.5 Å². The van der Waals surface area contributed by atoms with Crippen LogP contribution < -0.4 is 14.8 Å². The average molecular weight is 327 g/mol. The summed E-state index contributed by atoms with van der Waals surface area (Å²) in [6.07, 6.45) is 3.08. The molecule has 0 unspecified atom stereocenters. The molecule has 0 atom stereocenters. The Labute approximate surface area is 141 Å². The first-order chi connectivity index (χ1) is 11.7. The van der Waals surface area contributed by atoms with Crippen molar-refractivity contribution in [2.45, 2.75) is 13.0 Å². The fourth-order valence-electron chi connectivity index (χ4n) is 2.93. The summed E-state index contributed by atoms with van der Waals surface area (Å²) in [5, 5.41) is 13.5. The van der Waals surface area contributed by atoms with Crippen LogP contribution in [-0.4, -0.2) is 30.9 Å². The second-order valence-electron chi connectivity index (χ2n) is 5.74. The van der Waals surface area contributed by atoms with Crippen LogP contribution in [0.1, 0.15) is 11.1 Å². The standard InChI is InChI=1S/C19H22N2O3/c1-23-17-9-13(10-18(24-2)19(17)22)11-20-8-7-14-12-21-16-6-4-3-5-15(14)16/h3-6,9-10,12,20-22H,7-8,11H2,1-2H3/p+1. The Balaban J connectivity index is 1.60. The molecule has 0 spiro atoms. The van der Waals surface area contributed by atoms with Crippen LogP contribution in [0.2, 0.25) is 0 Å². The van der Waals surface area contributed by atoms with Crippen LogP contribution in [0.4, 0.5) is 0 Å². The van der Waals surface area contributed by atoms with Crippen LogP contribution >= 0.6 is 0 Å². The van der Waals surface area contributed by atoms with Gasteiger partial charge in [-0.05, 0) is 23.8 Å². The quantitative estimate of drug-likeness (QED) is 0.583. The molecule has 0 saturated carbocycles. The normalized spacial score (nSPS) is 10.9. The summed E-state index contributed by atoms with van der Waals surface area (Å²) in [4.78, 5) is 3.31. The zero-order valence-corrected chi connectivity index (χ0v) is 14.0. The lowest BCUT2D eigenvalue weighted by atomic mass is 10.1. The lowest BCUT2D eigenvalue weighted by Crippen LogP contribution is -2.83. The maximum absolute atomic E-state index is 9.95. The molecule has 5 nitrogen and oxygen atoms in total. The van der Waals surface area contributed by atoms with Crippen LogP contribution in [0.5, 0.6) is 17.2 Å². The van der Waals surface area contributed by atoms with Gasteiger partial charge < -0.3 is 24.9 Å². The molecule has 1 heterocycles. The Hall–Kier alpha value is -2.66. The number of phenols is 1. The van der Waals surface area contributed by atoms with E-state index in [-0.39, 0.29) is 5.75 Å². The number of rotatable bonds is 7. The molecule has 3 aromatic rings. The van der Waals surface area contributed by atoms with E-state index in [9.17, 15) is 5.11 Å². The van der Waals surface area contributed by atoms with Gasteiger partial charge in [-0.25, -0.2) is 0 Å². The largest absolute Gasteiger partial charge is 0.502 e. The van der Waals surface area contributed by atoms with Gasteiger partial charge in [-0.15, -0.1) is 0 Å².